The van der Waals surface area contributed by atoms with Gasteiger partial charge in [-0.3, -0.25) is 15.0 Å². The molecule has 0 aromatic carbocycles. The molecule has 3 fully saturated rings. The Balaban J connectivity index is 1.53. The van der Waals surface area contributed by atoms with Crippen molar-refractivity contribution in [2.75, 3.05) is 31.1 Å². The third-order valence-corrected chi connectivity index (χ3v) is 7.78. The summed E-state index contributed by atoms with van der Waals surface area (Å²) in [4.78, 5) is 41.2. The van der Waals surface area contributed by atoms with Gasteiger partial charge in [0.2, 0.25) is 0 Å². The van der Waals surface area contributed by atoms with Crippen LogP contribution in [0.4, 0.5) is 10.6 Å². The second kappa shape index (κ2) is 7.46. The number of fused-ring (bicyclic) bond motifs is 1. The number of hydrogen-bond acceptors (Lipinski definition) is 7. The number of carbonyl (C=O) groups excluding carboxylic acids is 2. The quantitative estimate of drug-likeness (QED) is 0.730. The maximum absolute atomic E-state index is 12.5. The number of nitrogens with zero attached hydrogens (tertiary/aromatic N) is 4. The van der Waals surface area contributed by atoms with E-state index >= 15 is 0 Å². The molecule has 1 spiro atoms. The van der Waals surface area contributed by atoms with Gasteiger partial charge in [0, 0.05) is 11.4 Å². The number of aryl methyl sites for hydroxylation is 2. The average molecular weight is 429 g/mol. The van der Waals surface area contributed by atoms with Crippen LogP contribution in [0.5, 0.6) is 0 Å². The lowest BCUT2D eigenvalue weighted by atomic mass is 9.89. The van der Waals surface area contributed by atoms with Crippen LogP contribution >= 0.6 is 11.3 Å². The fraction of sp³-hybridized carbons (Fsp3) is 0.619. The van der Waals surface area contributed by atoms with E-state index in [9.17, 15) is 9.59 Å². The molecule has 5 heterocycles. The SMILES string of the molecule is Cc1sc2nc(CN3CCCCC3)nc(N3CCCC4(C3)NC(=O)NC4=O)c2c1C. The number of anilines is 1. The predicted octanol–water partition coefficient (Wildman–Crippen LogP) is 2.47. The first-order valence-electron chi connectivity index (χ1n) is 10.8. The maximum atomic E-state index is 12.5. The molecule has 5 rings (SSSR count). The Hall–Kier alpha value is -2.26. The van der Waals surface area contributed by atoms with Gasteiger partial charge in [-0.15, -0.1) is 11.3 Å². The number of hydrogen-bond donors (Lipinski definition) is 2. The highest BCUT2D eigenvalue weighted by Gasteiger charge is 2.49. The molecule has 2 aromatic rings. The molecular weight excluding hydrogens is 400 g/mol. The molecule has 2 N–H and O–H groups in total. The summed E-state index contributed by atoms with van der Waals surface area (Å²) in [5.74, 6) is 1.52. The van der Waals surface area contributed by atoms with Crippen LogP contribution in [0, 0.1) is 13.8 Å². The number of nitrogens with one attached hydrogen (secondary N) is 2. The fourth-order valence-electron chi connectivity index (χ4n) is 4.94. The molecule has 1 atom stereocenters. The first-order chi connectivity index (χ1) is 14.4. The number of thiophene rings is 1. The van der Waals surface area contributed by atoms with Gasteiger partial charge in [-0.25, -0.2) is 14.8 Å². The van der Waals surface area contributed by atoms with Crippen LogP contribution in [0.1, 0.15) is 48.4 Å². The van der Waals surface area contributed by atoms with Gasteiger partial charge in [-0.05, 0) is 58.2 Å². The highest BCUT2D eigenvalue weighted by molar-refractivity contribution is 7.18. The number of amides is 3. The lowest BCUT2D eigenvalue weighted by Crippen LogP contribution is -2.58. The summed E-state index contributed by atoms with van der Waals surface area (Å²) in [6, 6.07) is -0.400. The van der Waals surface area contributed by atoms with Gasteiger partial charge in [0.05, 0.1) is 18.5 Å². The smallest absolute Gasteiger partial charge is 0.322 e. The molecule has 1 unspecified atom stereocenters. The molecule has 2 aromatic heterocycles. The topological polar surface area (TPSA) is 90.5 Å². The third-order valence-electron chi connectivity index (χ3n) is 6.68. The minimum Gasteiger partial charge on any atom is -0.353 e. The minimum atomic E-state index is -0.862. The van der Waals surface area contributed by atoms with Crippen LogP contribution < -0.4 is 15.5 Å². The fourth-order valence-corrected chi connectivity index (χ4v) is 5.98. The molecule has 3 aliphatic rings. The first kappa shape index (κ1) is 19.7. The van der Waals surface area contributed by atoms with Crippen LogP contribution in [-0.4, -0.2) is 58.5 Å². The molecular formula is C21H28N6O2S. The number of rotatable bonds is 3. The zero-order valence-corrected chi connectivity index (χ0v) is 18.4. The molecule has 0 aliphatic carbocycles. The molecule has 30 heavy (non-hydrogen) atoms. The lowest BCUT2D eigenvalue weighted by Gasteiger charge is -2.39. The molecule has 0 bridgehead atoms. The standard InChI is InChI=1S/C21H28N6O2S/c1-13-14(2)30-18-16(13)17(22-15(23-18)11-26-8-4-3-5-9-26)27-10-6-7-21(12-27)19(28)24-20(29)25-21/h3-12H2,1-2H3,(H2,24,25,28,29). The van der Waals surface area contributed by atoms with Gasteiger partial charge in [0.25, 0.3) is 5.91 Å². The Bertz CT molecular complexity index is 1010. The van der Waals surface area contributed by atoms with Crippen molar-refractivity contribution in [3.63, 3.8) is 0 Å². The summed E-state index contributed by atoms with van der Waals surface area (Å²) in [5.41, 5.74) is 0.340. The molecule has 8 nitrogen and oxygen atoms in total. The highest BCUT2D eigenvalue weighted by atomic mass is 32.1. The van der Waals surface area contributed by atoms with Gasteiger partial charge in [-0.2, -0.15) is 0 Å². The highest BCUT2D eigenvalue weighted by Crippen LogP contribution is 2.37. The van der Waals surface area contributed by atoms with Crippen LogP contribution in [0.25, 0.3) is 10.2 Å². The van der Waals surface area contributed by atoms with Gasteiger partial charge < -0.3 is 10.2 Å². The summed E-state index contributed by atoms with van der Waals surface area (Å²) in [6.07, 6.45) is 5.24. The molecule has 0 saturated carbocycles. The van der Waals surface area contributed by atoms with Crippen molar-refractivity contribution in [1.29, 1.82) is 0 Å². The van der Waals surface area contributed by atoms with E-state index in [1.54, 1.807) is 11.3 Å². The summed E-state index contributed by atoms with van der Waals surface area (Å²) in [5, 5.41) is 6.38. The summed E-state index contributed by atoms with van der Waals surface area (Å²) in [6.45, 7) is 8.45. The van der Waals surface area contributed by atoms with Crippen molar-refractivity contribution in [2.24, 2.45) is 0 Å². The second-order valence-electron chi connectivity index (χ2n) is 8.78. The number of urea groups is 1. The predicted molar refractivity (Wildman–Crippen MR) is 117 cm³/mol. The van der Waals surface area contributed by atoms with Gasteiger partial charge in [-0.1, -0.05) is 6.42 Å². The molecule has 9 heteroatoms. The van der Waals surface area contributed by atoms with Gasteiger partial charge in [0.1, 0.15) is 22.0 Å². The summed E-state index contributed by atoms with van der Waals surface area (Å²) in [7, 11) is 0. The molecule has 3 amide bonds. The van der Waals surface area contributed by atoms with E-state index in [1.807, 2.05) is 0 Å². The molecule has 160 valence electrons. The number of carbonyl (C=O) groups is 2. The van der Waals surface area contributed by atoms with E-state index in [2.05, 4.69) is 34.3 Å². The van der Waals surface area contributed by atoms with Crippen molar-refractivity contribution in [1.82, 2.24) is 25.5 Å². The van der Waals surface area contributed by atoms with Crippen molar-refractivity contribution in [2.45, 2.75) is 58.0 Å². The zero-order valence-electron chi connectivity index (χ0n) is 17.6. The van der Waals surface area contributed by atoms with E-state index in [0.717, 1.165) is 54.5 Å². The minimum absolute atomic E-state index is 0.228. The van der Waals surface area contributed by atoms with Crippen LogP contribution in [0.15, 0.2) is 0 Å². The van der Waals surface area contributed by atoms with Gasteiger partial charge in [0.15, 0.2) is 0 Å². The normalized spacial score (nSPS) is 25.2. The first-order valence-corrected chi connectivity index (χ1v) is 11.6. The summed E-state index contributed by atoms with van der Waals surface area (Å²) >= 11 is 1.71. The average Bonchev–Trinajstić information content (AvgIpc) is 3.16. The van der Waals surface area contributed by atoms with Crippen molar-refractivity contribution < 1.29 is 9.59 Å². The molecule has 0 radical (unpaired) electrons. The van der Waals surface area contributed by atoms with E-state index in [0.29, 0.717) is 13.0 Å². The monoisotopic (exact) mass is 428 g/mol. The zero-order chi connectivity index (χ0) is 20.9. The number of imide groups is 1. The van der Waals surface area contributed by atoms with E-state index in [-0.39, 0.29) is 5.91 Å². The Morgan fingerprint density at radius 2 is 1.87 bits per heavy atom. The van der Waals surface area contributed by atoms with E-state index in [1.165, 1.54) is 29.7 Å². The number of aromatic nitrogens is 2. The van der Waals surface area contributed by atoms with Crippen molar-refractivity contribution in [3.8, 4) is 0 Å². The molecule has 3 aliphatic heterocycles. The van der Waals surface area contributed by atoms with E-state index in [4.69, 9.17) is 9.97 Å². The van der Waals surface area contributed by atoms with E-state index < -0.39 is 11.6 Å². The number of piperidine rings is 2. The van der Waals surface area contributed by atoms with Crippen molar-refractivity contribution in [3.05, 3.63) is 16.3 Å². The lowest BCUT2D eigenvalue weighted by molar-refractivity contribution is -0.124. The van der Waals surface area contributed by atoms with Crippen LogP contribution in [-0.2, 0) is 11.3 Å². The Morgan fingerprint density at radius 1 is 1.07 bits per heavy atom. The Morgan fingerprint density at radius 3 is 2.60 bits per heavy atom. The Labute approximate surface area is 180 Å². The maximum Gasteiger partial charge on any atom is 0.322 e. The second-order valence-corrected chi connectivity index (χ2v) is 9.98. The third kappa shape index (κ3) is 3.33. The molecule has 3 saturated heterocycles. The summed E-state index contributed by atoms with van der Waals surface area (Å²) < 4.78 is 0. The number of likely N-dealkylation sites (tertiary alicyclic amines) is 1. The van der Waals surface area contributed by atoms with Crippen LogP contribution in [0.3, 0.4) is 0 Å². The van der Waals surface area contributed by atoms with Gasteiger partial charge >= 0.3 is 6.03 Å². The Kier molecular flexibility index (Phi) is 4.89. The largest absolute Gasteiger partial charge is 0.353 e. The van der Waals surface area contributed by atoms with Crippen molar-refractivity contribution >= 4 is 39.3 Å². The van der Waals surface area contributed by atoms with Crippen LogP contribution in [0.2, 0.25) is 0 Å².